The van der Waals surface area contributed by atoms with E-state index in [1.807, 2.05) is 12.1 Å². The first-order valence-electron chi connectivity index (χ1n) is 12.1. The smallest absolute Gasteiger partial charge is 0.472 e. The monoisotopic (exact) mass is 500 g/mol. The highest BCUT2D eigenvalue weighted by Crippen LogP contribution is 2.48. The van der Waals surface area contributed by atoms with Crippen LogP contribution in [0.2, 0.25) is 0 Å². The minimum Gasteiger partial charge on any atom is -0.482 e. The zero-order valence-corrected chi connectivity index (χ0v) is 20.6. The molecule has 0 radical (unpaired) electrons. The first kappa shape index (κ1) is 27.1. The Kier molecular flexibility index (Phi) is 9.95. The molecule has 5 atom stereocenters. The van der Waals surface area contributed by atoms with Gasteiger partial charge in [-0.2, -0.15) is 0 Å². The molecule has 1 aromatic carbocycles. The highest BCUT2D eigenvalue weighted by molar-refractivity contribution is 7.46. The van der Waals surface area contributed by atoms with Gasteiger partial charge in [-0.15, -0.1) is 0 Å². The number of carbonyl (C=O) groups is 1. The van der Waals surface area contributed by atoms with Crippen molar-refractivity contribution >= 4 is 13.8 Å². The maximum atomic E-state index is 11.8. The Bertz CT molecular complexity index is 855. The van der Waals surface area contributed by atoms with Crippen molar-refractivity contribution in [2.24, 2.45) is 17.8 Å². The minimum atomic E-state index is -4.71. The second-order valence-corrected chi connectivity index (χ2v) is 10.7. The Labute approximate surface area is 200 Å². The summed E-state index contributed by atoms with van der Waals surface area (Å²) in [4.78, 5) is 29.1. The molecule has 0 heterocycles. The number of ether oxygens (including phenoxy) is 2. The van der Waals surface area contributed by atoms with Crippen LogP contribution in [0, 0.1) is 17.8 Å². The van der Waals surface area contributed by atoms with Crippen LogP contribution in [-0.2, 0) is 31.5 Å². The molecule has 0 bridgehead atoms. The Hall–Kier alpha value is -1.48. The zero-order valence-electron chi connectivity index (χ0n) is 19.7. The van der Waals surface area contributed by atoms with E-state index >= 15 is 0 Å². The molecule has 0 spiro atoms. The van der Waals surface area contributed by atoms with Crippen molar-refractivity contribution in [2.45, 2.75) is 76.9 Å². The van der Waals surface area contributed by atoms with Crippen molar-refractivity contribution in [1.29, 1.82) is 0 Å². The number of phosphoric ester groups is 1. The van der Waals surface area contributed by atoms with E-state index in [4.69, 9.17) is 14.5 Å². The molecule has 0 amide bonds. The first-order valence-corrected chi connectivity index (χ1v) is 13.7. The Morgan fingerprint density at radius 3 is 2.74 bits per heavy atom. The van der Waals surface area contributed by atoms with Gasteiger partial charge in [-0.25, -0.2) is 13.9 Å². The highest BCUT2D eigenvalue weighted by Gasteiger charge is 2.44. The molecule has 4 N–H and O–H groups in total. The number of unbranched alkanes of at least 4 members (excludes halogenated alkanes) is 2. The molecule has 3 rings (SSSR count). The third-order valence-electron chi connectivity index (χ3n) is 7.11. The lowest BCUT2D eigenvalue weighted by Crippen LogP contribution is -2.28. The van der Waals surface area contributed by atoms with Crippen LogP contribution in [0.3, 0.4) is 0 Å². The lowest BCUT2D eigenvalue weighted by Gasteiger charge is -2.32. The summed E-state index contributed by atoms with van der Waals surface area (Å²) in [5.74, 6) is 0.627. The number of hydrogen-bond acceptors (Lipinski definition) is 7. The number of rotatable bonds is 13. The van der Waals surface area contributed by atoms with Gasteiger partial charge in [-0.3, -0.25) is 0 Å². The topological polar surface area (TPSA) is 143 Å². The Morgan fingerprint density at radius 1 is 1.21 bits per heavy atom. The quantitative estimate of drug-likeness (QED) is 0.139. The van der Waals surface area contributed by atoms with Gasteiger partial charge in [0.05, 0.1) is 12.2 Å². The largest absolute Gasteiger partial charge is 0.482 e. The summed E-state index contributed by atoms with van der Waals surface area (Å²) in [5, 5.41) is 21.1. The standard InChI is InChI=1S/C24H37O9P/c1-2-3-4-7-18(25)9-10-19-20-11-16-6-5-8-23(21(16)12-17(20)13-22(19)26)31-14-24(27)32-15-33-34(28,29)30/h5-6,8,17-20,22,25-26H,2-4,7,9-15H2,1H3,(H2,28,29,30)/t17-,18-,19+,20-,22+/m0/s1. The maximum absolute atomic E-state index is 11.8. The van der Waals surface area contributed by atoms with E-state index in [0.29, 0.717) is 17.6 Å². The molecule has 1 saturated carbocycles. The molecule has 34 heavy (non-hydrogen) atoms. The number of esters is 1. The van der Waals surface area contributed by atoms with Gasteiger partial charge in [0.25, 0.3) is 0 Å². The van der Waals surface area contributed by atoms with Crippen molar-refractivity contribution in [3.63, 3.8) is 0 Å². The van der Waals surface area contributed by atoms with Crippen molar-refractivity contribution in [3.8, 4) is 5.75 Å². The maximum Gasteiger partial charge on any atom is 0.472 e. The minimum absolute atomic E-state index is 0.174. The van der Waals surface area contributed by atoms with Crippen LogP contribution in [0.15, 0.2) is 18.2 Å². The third kappa shape index (κ3) is 7.77. The highest BCUT2D eigenvalue weighted by atomic mass is 31.2. The number of aliphatic hydroxyl groups excluding tert-OH is 2. The number of carbonyl (C=O) groups excluding carboxylic acids is 1. The van der Waals surface area contributed by atoms with Crippen molar-refractivity contribution in [3.05, 3.63) is 29.3 Å². The average Bonchev–Trinajstić information content (AvgIpc) is 3.07. The molecule has 0 aromatic heterocycles. The first-order chi connectivity index (χ1) is 16.2. The zero-order chi connectivity index (χ0) is 24.7. The van der Waals surface area contributed by atoms with Crippen molar-refractivity contribution in [2.75, 3.05) is 13.4 Å². The predicted molar refractivity (Wildman–Crippen MR) is 124 cm³/mol. The predicted octanol–water partition coefficient (Wildman–Crippen LogP) is 3.11. The van der Waals surface area contributed by atoms with Gasteiger partial charge >= 0.3 is 13.8 Å². The van der Waals surface area contributed by atoms with Crippen molar-refractivity contribution < 1.29 is 43.4 Å². The van der Waals surface area contributed by atoms with E-state index in [9.17, 15) is 19.6 Å². The summed E-state index contributed by atoms with van der Waals surface area (Å²) in [6.45, 7) is 0.890. The summed E-state index contributed by atoms with van der Waals surface area (Å²) in [6.07, 6.45) is 7.28. The van der Waals surface area contributed by atoms with Gasteiger partial charge < -0.3 is 29.5 Å². The summed E-state index contributed by atoms with van der Waals surface area (Å²) >= 11 is 0. The molecule has 2 aliphatic rings. The molecule has 9 nitrogen and oxygen atoms in total. The van der Waals surface area contributed by atoms with Gasteiger partial charge in [0, 0.05) is 0 Å². The molecular weight excluding hydrogens is 463 g/mol. The second kappa shape index (κ2) is 12.5. The number of fused-ring (bicyclic) bond motifs is 2. The molecule has 1 aromatic rings. The molecule has 2 aliphatic carbocycles. The fourth-order valence-electron chi connectivity index (χ4n) is 5.44. The lowest BCUT2D eigenvalue weighted by molar-refractivity contribution is -0.153. The summed E-state index contributed by atoms with van der Waals surface area (Å²) in [7, 11) is -4.71. The average molecular weight is 501 g/mol. The molecular formula is C24H37O9P. The van der Waals surface area contributed by atoms with E-state index in [1.54, 1.807) is 6.07 Å². The van der Waals surface area contributed by atoms with Crippen LogP contribution >= 0.6 is 7.82 Å². The molecule has 1 fully saturated rings. The lowest BCUT2D eigenvalue weighted by atomic mass is 9.73. The summed E-state index contributed by atoms with van der Waals surface area (Å²) in [6, 6.07) is 5.70. The van der Waals surface area contributed by atoms with Gasteiger partial charge in [-0.05, 0) is 73.5 Å². The normalized spacial score (nSPS) is 24.9. The van der Waals surface area contributed by atoms with Gasteiger partial charge in [0.15, 0.2) is 6.61 Å². The Balaban J connectivity index is 1.55. The third-order valence-corrected chi connectivity index (χ3v) is 7.55. The molecule has 0 saturated heterocycles. The van der Waals surface area contributed by atoms with Crippen LogP contribution in [-0.4, -0.2) is 51.6 Å². The molecule has 10 heteroatoms. The Morgan fingerprint density at radius 2 is 2.00 bits per heavy atom. The van der Waals surface area contributed by atoms with E-state index in [2.05, 4.69) is 16.2 Å². The van der Waals surface area contributed by atoms with E-state index in [0.717, 1.165) is 68.9 Å². The fraction of sp³-hybridized carbons (Fsp3) is 0.708. The fourth-order valence-corrected chi connectivity index (χ4v) is 5.63. The second-order valence-electron chi connectivity index (χ2n) is 9.46. The number of aliphatic hydroxyl groups is 2. The molecule has 192 valence electrons. The SMILES string of the molecule is CCCCC[C@H](O)CC[C@@H]1[C@H]2Cc3cccc(OCC(=O)OCOP(=O)(O)O)c3C[C@H]2C[C@H]1O. The summed E-state index contributed by atoms with van der Waals surface area (Å²) < 4.78 is 25.0. The van der Waals surface area contributed by atoms with Crippen LogP contribution in [0.1, 0.15) is 63.0 Å². The van der Waals surface area contributed by atoms with Crippen LogP contribution in [0.5, 0.6) is 5.75 Å². The van der Waals surface area contributed by atoms with E-state index in [1.165, 1.54) is 0 Å². The molecule has 0 unspecified atom stereocenters. The number of phosphoric acid groups is 1. The van der Waals surface area contributed by atoms with E-state index in [-0.39, 0.29) is 18.1 Å². The van der Waals surface area contributed by atoms with Gasteiger partial charge in [-0.1, -0.05) is 38.3 Å². The van der Waals surface area contributed by atoms with Crippen LogP contribution in [0.25, 0.3) is 0 Å². The molecule has 0 aliphatic heterocycles. The van der Waals surface area contributed by atoms with Gasteiger partial charge in [0.2, 0.25) is 6.79 Å². The summed E-state index contributed by atoms with van der Waals surface area (Å²) in [5.41, 5.74) is 2.16. The van der Waals surface area contributed by atoms with Crippen molar-refractivity contribution in [1.82, 2.24) is 0 Å². The number of benzene rings is 1. The van der Waals surface area contributed by atoms with Gasteiger partial charge in [0.1, 0.15) is 5.75 Å². The number of hydrogen-bond donors (Lipinski definition) is 4. The van der Waals surface area contributed by atoms with Crippen LogP contribution < -0.4 is 4.74 Å². The van der Waals surface area contributed by atoms with Crippen LogP contribution in [0.4, 0.5) is 0 Å². The van der Waals surface area contributed by atoms with E-state index < -0.39 is 27.2 Å².